The molecule has 1 heterocycles. The van der Waals surface area contributed by atoms with Gasteiger partial charge in [-0.15, -0.1) is 0 Å². The average molecular weight is 278 g/mol. The van der Waals surface area contributed by atoms with Gasteiger partial charge in [-0.3, -0.25) is 0 Å². The van der Waals surface area contributed by atoms with E-state index in [-0.39, 0.29) is 0 Å². The highest BCUT2D eigenvalue weighted by atomic mass is 32.1. The lowest BCUT2D eigenvalue weighted by Gasteiger charge is -2.08. The molecule has 0 saturated carbocycles. The highest BCUT2D eigenvalue weighted by Gasteiger charge is 2.04. The first-order valence-corrected chi connectivity index (χ1v) is 7.25. The number of hydrogen-bond donors (Lipinski definition) is 1. The number of aromatic amines is 1. The number of imidazole rings is 1. The summed E-state index contributed by atoms with van der Waals surface area (Å²) < 4.78 is 8.56. The van der Waals surface area contributed by atoms with Crippen molar-refractivity contribution in [2.24, 2.45) is 5.92 Å². The smallest absolute Gasteiger partial charge is 0.178 e. The van der Waals surface area contributed by atoms with Gasteiger partial charge >= 0.3 is 0 Å². The molecular weight excluding hydrogens is 256 g/mol. The molecule has 1 aromatic heterocycles. The first-order chi connectivity index (χ1) is 9.08. The van der Waals surface area contributed by atoms with Crippen LogP contribution in [0.2, 0.25) is 0 Å². The minimum absolute atomic E-state index is 0.596. The number of benzene rings is 1. The van der Waals surface area contributed by atoms with Crippen LogP contribution in [-0.4, -0.2) is 22.8 Å². The molecule has 4 heteroatoms. The highest BCUT2D eigenvalue weighted by Crippen LogP contribution is 2.16. The van der Waals surface area contributed by atoms with E-state index in [4.69, 9.17) is 17.0 Å². The molecule has 1 aromatic carbocycles. The Morgan fingerprint density at radius 2 is 2.16 bits per heavy atom. The van der Waals surface area contributed by atoms with E-state index < -0.39 is 0 Å². The third-order valence-electron chi connectivity index (χ3n) is 3.05. The van der Waals surface area contributed by atoms with Crippen LogP contribution in [-0.2, 0) is 11.3 Å². The number of H-pyrrole nitrogens is 1. The first kappa shape index (κ1) is 14.3. The number of nitrogens with one attached hydrogen (secondary N) is 1. The summed E-state index contributed by atoms with van der Waals surface area (Å²) in [7, 11) is 0. The predicted octanol–water partition coefficient (Wildman–Crippen LogP) is 4.07. The molecule has 0 unspecified atom stereocenters. The second kappa shape index (κ2) is 6.35. The molecule has 0 aliphatic heterocycles. The summed E-state index contributed by atoms with van der Waals surface area (Å²) in [6.45, 7) is 8.95. The molecule has 104 valence electrons. The Hall–Kier alpha value is -1.13. The van der Waals surface area contributed by atoms with E-state index in [1.807, 2.05) is 0 Å². The Morgan fingerprint density at radius 3 is 2.89 bits per heavy atom. The summed E-state index contributed by atoms with van der Waals surface area (Å²) >= 11 is 5.38. The van der Waals surface area contributed by atoms with Gasteiger partial charge in [-0.1, -0.05) is 19.9 Å². The molecule has 0 atom stereocenters. The van der Waals surface area contributed by atoms with Gasteiger partial charge in [-0.25, -0.2) is 0 Å². The van der Waals surface area contributed by atoms with Crippen molar-refractivity contribution >= 4 is 23.3 Å². The topological polar surface area (TPSA) is 29.9 Å². The van der Waals surface area contributed by atoms with E-state index in [0.29, 0.717) is 5.92 Å². The lowest BCUT2D eigenvalue weighted by molar-refractivity contribution is 0.105. The molecule has 0 bridgehead atoms. The van der Waals surface area contributed by atoms with Crippen LogP contribution < -0.4 is 0 Å². The zero-order chi connectivity index (χ0) is 13.8. The maximum Gasteiger partial charge on any atom is 0.178 e. The van der Waals surface area contributed by atoms with Crippen LogP contribution in [0.25, 0.3) is 11.0 Å². The summed E-state index contributed by atoms with van der Waals surface area (Å²) in [4.78, 5) is 3.26. The third kappa shape index (κ3) is 3.67. The molecule has 0 aliphatic rings. The van der Waals surface area contributed by atoms with Gasteiger partial charge in [-0.2, -0.15) is 0 Å². The van der Waals surface area contributed by atoms with E-state index >= 15 is 0 Å². The fourth-order valence-corrected chi connectivity index (χ4v) is 2.44. The molecule has 0 fully saturated rings. The zero-order valence-corrected chi connectivity index (χ0v) is 12.7. The summed E-state index contributed by atoms with van der Waals surface area (Å²) in [6, 6.07) is 6.39. The van der Waals surface area contributed by atoms with Crippen LogP contribution in [0.3, 0.4) is 0 Å². The molecule has 19 heavy (non-hydrogen) atoms. The van der Waals surface area contributed by atoms with E-state index in [1.165, 1.54) is 11.1 Å². The molecule has 0 aliphatic carbocycles. The van der Waals surface area contributed by atoms with E-state index in [1.54, 1.807) is 0 Å². The van der Waals surface area contributed by atoms with Crippen molar-refractivity contribution in [3.05, 3.63) is 28.5 Å². The van der Waals surface area contributed by atoms with Crippen LogP contribution in [0.5, 0.6) is 0 Å². The number of ether oxygens (including phenoxy) is 1. The maximum absolute atomic E-state index is 5.61. The minimum Gasteiger partial charge on any atom is -0.381 e. The number of hydrogen-bond acceptors (Lipinski definition) is 2. The second-order valence-corrected chi connectivity index (χ2v) is 5.81. The Morgan fingerprint density at radius 1 is 1.37 bits per heavy atom. The molecule has 0 radical (unpaired) electrons. The van der Waals surface area contributed by atoms with Gasteiger partial charge in [0.2, 0.25) is 0 Å². The number of aryl methyl sites for hydroxylation is 2. The quantitative estimate of drug-likeness (QED) is 0.637. The first-order valence-electron chi connectivity index (χ1n) is 6.85. The Bertz CT molecular complexity index is 598. The van der Waals surface area contributed by atoms with E-state index in [2.05, 4.69) is 48.5 Å². The van der Waals surface area contributed by atoms with Crippen molar-refractivity contribution in [2.75, 3.05) is 13.2 Å². The average Bonchev–Trinajstić information content (AvgIpc) is 2.64. The van der Waals surface area contributed by atoms with Crippen molar-refractivity contribution in [1.82, 2.24) is 9.55 Å². The summed E-state index contributed by atoms with van der Waals surface area (Å²) in [5, 5.41) is 0. The molecule has 0 amide bonds. The number of fused-ring (bicyclic) bond motifs is 1. The monoisotopic (exact) mass is 278 g/mol. The minimum atomic E-state index is 0.596. The molecule has 1 N–H and O–H groups in total. The fraction of sp³-hybridized carbons (Fsp3) is 0.533. The fourth-order valence-electron chi connectivity index (χ4n) is 2.14. The second-order valence-electron chi connectivity index (χ2n) is 5.42. The van der Waals surface area contributed by atoms with Gasteiger partial charge in [0.1, 0.15) is 0 Å². The lowest BCUT2D eigenvalue weighted by atomic mass is 10.2. The van der Waals surface area contributed by atoms with Crippen molar-refractivity contribution in [2.45, 2.75) is 33.7 Å². The Balaban J connectivity index is 2.00. The van der Waals surface area contributed by atoms with Gasteiger partial charge in [0.05, 0.1) is 11.0 Å². The lowest BCUT2D eigenvalue weighted by Crippen LogP contribution is -2.06. The van der Waals surface area contributed by atoms with Gasteiger partial charge in [-0.05, 0) is 49.2 Å². The zero-order valence-electron chi connectivity index (χ0n) is 11.9. The van der Waals surface area contributed by atoms with Gasteiger partial charge < -0.3 is 14.3 Å². The normalized spacial score (nSPS) is 11.6. The Labute approximate surface area is 119 Å². The summed E-state index contributed by atoms with van der Waals surface area (Å²) in [6.07, 6.45) is 0.988. The molecule has 0 spiro atoms. The summed E-state index contributed by atoms with van der Waals surface area (Å²) in [5.74, 6) is 0.596. The molecule has 3 nitrogen and oxygen atoms in total. The van der Waals surface area contributed by atoms with Crippen LogP contribution in [0.15, 0.2) is 18.2 Å². The van der Waals surface area contributed by atoms with Crippen molar-refractivity contribution in [3.8, 4) is 0 Å². The van der Waals surface area contributed by atoms with Crippen LogP contribution in [0.1, 0.15) is 25.8 Å². The van der Waals surface area contributed by atoms with Gasteiger partial charge in [0.25, 0.3) is 0 Å². The van der Waals surface area contributed by atoms with Gasteiger partial charge in [0.15, 0.2) is 4.77 Å². The Kier molecular flexibility index (Phi) is 4.77. The van der Waals surface area contributed by atoms with Crippen LogP contribution >= 0.6 is 12.2 Å². The molecule has 0 saturated heterocycles. The molecule has 2 aromatic rings. The number of nitrogens with zero attached hydrogens (tertiary/aromatic N) is 1. The van der Waals surface area contributed by atoms with Crippen molar-refractivity contribution in [3.63, 3.8) is 0 Å². The van der Waals surface area contributed by atoms with E-state index in [9.17, 15) is 0 Å². The molecule has 2 rings (SSSR count). The predicted molar refractivity (Wildman–Crippen MR) is 82.1 cm³/mol. The highest BCUT2D eigenvalue weighted by molar-refractivity contribution is 7.71. The number of aromatic nitrogens is 2. The number of rotatable bonds is 6. The van der Waals surface area contributed by atoms with Crippen LogP contribution in [0.4, 0.5) is 0 Å². The standard InChI is InChI=1S/C15H22N2OS/c1-11(2)10-18-8-4-7-17-14-6-5-12(3)9-13(14)16-15(17)19/h5-6,9,11H,4,7-8,10H2,1-3H3,(H,16,19). The summed E-state index contributed by atoms with van der Waals surface area (Å²) in [5.41, 5.74) is 3.55. The third-order valence-corrected chi connectivity index (χ3v) is 3.37. The van der Waals surface area contributed by atoms with Crippen molar-refractivity contribution < 1.29 is 4.74 Å². The van der Waals surface area contributed by atoms with E-state index in [0.717, 1.165) is 36.5 Å². The maximum atomic E-state index is 5.61. The van der Waals surface area contributed by atoms with Crippen molar-refractivity contribution in [1.29, 1.82) is 0 Å². The van der Waals surface area contributed by atoms with Crippen LogP contribution in [0, 0.1) is 17.6 Å². The SMILES string of the molecule is Cc1ccc2c(c1)[nH]c(=S)n2CCCOCC(C)C. The largest absolute Gasteiger partial charge is 0.381 e. The molecular formula is C15H22N2OS. The van der Waals surface area contributed by atoms with Gasteiger partial charge in [0, 0.05) is 19.8 Å².